The summed E-state index contributed by atoms with van der Waals surface area (Å²) in [5.41, 5.74) is -0.374. The first-order valence-electron chi connectivity index (χ1n) is 6.99. The molecule has 2 aromatic heterocycles. The molecule has 0 aliphatic rings. The predicted octanol–water partition coefficient (Wildman–Crippen LogP) is 0.756. The van der Waals surface area contributed by atoms with Gasteiger partial charge < -0.3 is 20.0 Å². The number of oxime groups is 1. The van der Waals surface area contributed by atoms with Crippen molar-refractivity contribution in [2.45, 2.75) is 19.9 Å². The summed E-state index contributed by atoms with van der Waals surface area (Å²) in [5, 5.41) is 27.4. The SMILES string of the molecule is CCn1cc(C(=O)O)c(=O)c2ccc(C=O)nc21.OCCC=NO. The number of aryl methyl sites for hydroxylation is 1. The second-order valence-electron chi connectivity index (χ2n) is 4.50. The van der Waals surface area contributed by atoms with Crippen molar-refractivity contribution < 1.29 is 25.0 Å². The van der Waals surface area contributed by atoms with Gasteiger partial charge in [0.2, 0.25) is 5.43 Å². The first-order chi connectivity index (χ1) is 11.5. The van der Waals surface area contributed by atoms with E-state index in [-0.39, 0.29) is 23.3 Å². The summed E-state index contributed by atoms with van der Waals surface area (Å²) < 4.78 is 1.53. The summed E-state index contributed by atoms with van der Waals surface area (Å²) in [4.78, 5) is 37.6. The number of aromatic nitrogens is 2. The maximum Gasteiger partial charge on any atom is 0.341 e. The number of carboxylic acids is 1. The van der Waals surface area contributed by atoms with Crippen LogP contribution in [0.4, 0.5) is 0 Å². The number of aliphatic hydroxyl groups excluding tert-OH is 1. The molecule has 24 heavy (non-hydrogen) atoms. The van der Waals surface area contributed by atoms with E-state index >= 15 is 0 Å². The second-order valence-corrected chi connectivity index (χ2v) is 4.50. The van der Waals surface area contributed by atoms with Gasteiger partial charge in [-0.25, -0.2) is 9.78 Å². The van der Waals surface area contributed by atoms with Gasteiger partial charge in [-0.15, -0.1) is 5.16 Å². The number of carbonyl (C=O) groups excluding carboxylic acids is 1. The van der Waals surface area contributed by atoms with Crippen LogP contribution in [0, 0.1) is 0 Å². The number of nitrogens with zero attached hydrogens (tertiary/aromatic N) is 3. The van der Waals surface area contributed by atoms with Crippen LogP contribution in [0.3, 0.4) is 0 Å². The first-order valence-corrected chi connectivity index (χ1v) is 6.99. The van der Waals surface area contributed by atoms with Crippen LogP contribution in [0.25, 0.3) is 11.0 Å². The lowest BCUT2D eigenvalue weighted by Gasteiger charge is -2.09. The quantitative estimate of drug-likeness (QED) is 0.317. The van der Waals surface area contributed by atoms with Gasteiger partial charge in [0.1, 0.15) is 16.9 Å². The molecule has 0 saturated carbocycles. The number of aromatic carboxylic acids is 1. The van der Waals surface area contributed by atoms with Crippen LogP contribution in [0.15, 0.2) is 28.3 Å². The van der Waals surface area contributed by atoms with E-state index in [1.165, 1.54) is 29.1 Å². The third kappa shape index (κ3) is 4.46. The van der Waals surface area contributed by atoms with Gasteiger partial charge in [-0.05, 0) is 19.1 Å². The highest BCUT2D eigenvalue weighted by Crippen LogP contribution is 2.10. The van der Waals surface area contributed by atoms with Crippen molar-refractivity contribution in [3.8, 4) is 0 Å². The molecule has 0 radical (unpaired) electrons. The van der Waals surface area contributed by atoms with Crippen molar-refractivity contribution in [1.82, 2.24) is 9.55 Å². The second kappa shape index (κ2) is 9.16. The van der Waals surface area contributed by atoms with Crippen LogP contribution in [0.5, 0.6) is 0 Å². The molecule has 0 atom stereocenters. The van der Waals surface area contributed by atoms with Gasteiger partial charge >= 0.3 is 5.97 Å². The largest absolute Gasteiger partial charge is 0.477 e. The molecular weight excluding hydrogens is 318 g/mol. The van der Waals surface area contributed by atoms with Gasteiger partial charge in [-0.3, -0.25) is 9.59 Å². The number of rotatable bonds is 5. The number of hydrogen-bond acceptors (Lipinski definition) is 7. The summed E-state index contributed by atoms with van der Waals surface area (Å²) in [5.74, 6) is -1.27. The maximum absolute atomic E-state index is 11.9. The Hall–Kier alpha value is -3.07. The lowest BCUT2D eigenvalue weighted by molar-refractivity contribution is 0.0694. The molecule has 0 unspecified atom stereocenters. The third-order valence-electron chi connectivity index (χ3n) is 2.97. The van der Waals surface area contributed by atoms with E-state index in [4.69, 9.17) is 15.4 Å². The fraction of sp³-hybridized carbons (Fsp3) is 0.267. The molecule has 0 fully saturated rings. The Morgan fingerprint density at radius 3 is 2.58 bits per heavy atom. The smallest absolute Gasteiger partial charge is 0.341 e. The zero-order valence-corrected chi connectivity index (χ0v) is 12.9. The Labute approximate surface area is 136 Å². The standard InChI is InChI=1S/C12H10N2O4.C3H7NO2/c1-2-14-5-9(12(17)18)10(16)8-4-3-7(6-15)13-11(8)14;5-3-1-2-4-6/h3-6H,2H2,1H3,(H,17,18);2,5-6H,1,3H2. The minimum absolute atomic E-state index is 0.0457. The molecule has 0 bridgehead atoms. The zero-order valence-electron chi connectivity index (χ0n) is 12.9. The van der Waals surface area contributed by atoms with Crippen LogP contribution in [0.2, 0.25) is 0 Å². The van der Waals surface area contributed by atoms with Crippen molar-refractivity contribution in [2.24, 2.45) is 5.16 Å². The fourth-order valence-electron chi connectivity index (χ4n) is 1.85. The topological polar surface area (TPSA) is 142 Å². The van der Waals surface area contributed by atoms with Crippen molar-refractivity contribution in [3.63, 3.8) is 0 Å². The van der Waals surface area contributed by atoms with E-state index in [0.29, 0.717) is 24.9 Å². The number of carboxylic acid groups (broad SMARTS) is 1. The van der Waals surface area contributed by atoms with Crippen molar-refractivity contribution in [1.29, 1.82) is 0 Å². The summed E-state index contributed by atoms with van der Waals surface area (Å²) in [6.07, 6.45) is 3.49. The Bertz CT molecular complexity index is 813. The zero-order chi connectivity index (χ0) is 18.1. The number of hydrogen-bond donors (Lipinski definition) is 3. The highest BCUT2D eigenvalue weighted by molar-refractivity contribution is 5.92. The average molecular weight is 335 g/mol. The van der Waals surface area contributed by atoms with Gasteiger partial charge in [0.15, 0.2) is 6.29 Å². The average Bonchev–Trinajstić information content (AvgIpc) is 2.60. The highest BCUT2D eigenvalue weighted by atomic mass is 16.4. The van der Waals surface area contributed by atoms with Crippen LogP contribution >= 0.6 is 0 Å². The van der Waals surface area contributed by atoms with Crippen LogP contribution in [-0.4, -0.2) is 50.0 Å². The highest BCUT2D eigenvalue weighted by Gasteiger charge is 2.14. The van der Waals surface area contributed by atoms with Gasteiger partial charge in [0.05, 0.1) is 5.39 Å². The van der Waals surface area contributed by atoms with Gasteiger partial charge in [-0.2, -0.15) is 0 Å². The fourth-order valence-corrected chi connectivity index (χ4v) is 1.85. The minimum atomic E-state index is -1.27. The molecule has 0 spiro atoms. The molecule has 9 heteroatoms. The van der Waals surface area contributed by atoms with Crippen molar-refractivity contribution in [2.75, 3.05) is 6.61 Å². The molecule has 0 aromatic carbocycles. The maximum atomic E-state index is 11.9. The Kier molecular flexibility index (Phi) is 7.24. The molecule has 3 N–H and O–H groups in total. The third-order valence-corrected chi connectivity index (χ3v) is 2.97. The van der Waals surface area contributed by atoms with E-state index < -0.39 is 11.4 Å². The van der Waals surface area contributed by atoms with E-state index in [2.05, 4.69) is 10.1 Å². The van der Waals surface area contributed by atoms with E-state index in [9.17, 15) is 14.4 Å². The number of aliphatic hydroxyl groups is 1. The molecule has 2 aromatic rings. The van der Waals surface area contributed by atoms with E-state index in [1.54, 1.807) is 6.92 Å². The minimum Gasteiger partial charge on any atom is -0.477 e. The molecule has 2 heterocycles. The lowest BCUT2D eigenvalue weighted by Crippen LogP contribution is -2.19. The number of carbonyl (C=O) groups is 2. The monoisotopic (exact) mass is 335 g/mol. The normalized spacial score (nSPS) is 10.4. The summed E-state index contributed by atoms with van der Waals surface area (Å²) in [6.45, 7) is 2.29. The molecule has 9 nitrogen and oxygen atoms in total. The van der Waals surface area contributed by atoms with Gasteiger partial charge in [0, 0.05) is 32.0 Å². The first kappa shape index (κ1) is 19.0. The molecule has 2 rings (SSSR count). The Morgan fingerprint density at radius 1 is 1.42 bits per heavy atom. The van der Waals surface area contributed by atoms with Crippen molar-refractivity contribution >= 4 is 29.5 Å². The lowest BCUT2D eigenvalue weighted by atomic mass is 10.2. The Morgan fingerprint density at radius 2 is 2.12 bits per heavy atom. The van der Waals surface area contributed by atoms with E-state index in [0.717, 1.165) is 0 Å². The molecule has 128 valence electrons. The molecular formula is C15H17N3O6. The number of pyridine rings is 2. The summed E-state index contributed by atoms with van der Waals surface area (Å²) >= 11 is 0. The molecule has 0 aliphatic heterocycles. The van der Waals surface area contributed by atoms with Crippen LogP contribution < -0.4 is 5.43 Å². The predicted molar refractivity (Wildman–Crippen MR) is 86.0 cm³/mol. The summed E-state index contributed by atoms with van der Waals surface area (Å²) in [7, 11) is 0. The Balaban J connectivity index is 0.000000413. The summed E-state index contributed by atoms with van der Waals surface area (Å²) in [6, 6.07) is 2.81. The molecule has 0 amide bonds. The number of fused-ring (bicyclic) bond motifs is 1. The molecule has 0 aliphatic carbocycles. The van der Waals surface area contributed by atoms with Gasteiger partial charge in [-0.1, -0.05) is 0 Å². The van der Waals surface area contributed by atoms with Crippen molar-refractivity contribution in [3.05, 3.63) is 39.8 Å². The number of aldehydes is 1. The van der Waals surface area contributed by atoms with Crippen LogP contribution in [0.1, 0.15) is 34.2 Å². The van der Waals surface area contributed by atoms with Gasteiger partial charge in [0.25, 0.3) is 0 Å². The van der Waals surface area contributed by atoms with E-state index in [1.807, 2.05) is 0 Å². The van der Waals surface area contributed by atoms with Crippen LogP contribution in [-0.2, 0) is 6.54 Å². The molecule has 0 saturated heterocycles.